The van der Waals surface area contributed by atoms with Gasteiger partial charge in [-0.1, -0.05) is 6.08 Å². The molecule has 2 rings (SSSR count). The summed E-state index contributed by atoms with van der Waals surface area (Å²) in [6.45, 7) is 4.99. The van der Waals surface area contributed by atoms with E-state index in [1.165, 1.54) is 0 Å². The smallest absolute Gasteiger partial charge is 0.374 e. The van der Waals surface area contributed by atoms with Crippen LogP contribution in [0.2, 0.25) is 0 Å². The molecule has 0 radical (unpaired) electrons. The van der Waals surface area contributed by atoms with E-state index >= 15 is 0 Å². The van der Waals surface area contributed by atoms with Gasteiger partial charge in [-0.25, -0.2) is 9.59 Å². The first-order chi connectivity index (χ1) is 9.51. The SMILES string of the molecule is C=CC1CCN(c2nc(C(=O)O)nc(C(=O)O)n2)CC1. The Hall–Kier alpha value is -2.51. The molecule has 2 heterocycles. The quantitative estimate of drug-likeness (QED) is 0.772. The third-order valence-electron chi connectivity index (χ3n) is 3.16. The standard InChI is InChI=1S/C12H14N4O4/c1-2-7-3-5-16(6-4-7)12-14-8(10(17)18)13-9(15-12)11(19)20/h2,7H,1,3-6H2,(H,17,18)(H,19,20). The van der Waals surface area contributed by atoms with Gasteiger partial charge < -0.3 is 15.1 Å². The molecule has 0 saturated carbocycles. The van der Waals surface area contributed by atoms with Crippen LogP contribution in [0.3, 0.4) is 0 Å². The van der Waals surface area contributed by atoms with Crippen LogP contribution in [-0.2, 0) is 0 Å². The second-order valence-corrected chi connectivity index (χ2v) is 4.45. The number of anilines is 1. The van der Waals surface area contributed by atoms with Crippen molar-refractivity contribution in [3.05, 3.63) is 24.3 Å². The van der Waals surface area contributed by atoms with E-state index in [0.717, 1.165) is 12.8 Å². The van der Waals surface area contributed by atoms with Gasteiger partial charge in [0.15, 0.2) is 0 Å². The Morgan fingerprint density at radius 2 is 1.60 bits per heavy atom. The Kier molecular flexibility index (Phi) is 3.92. The molecule has 106 valence electrons. The summed E-state index contributed by atoms with van der Waals surface area (Å²) in [6.07, 6.45) is 3.58. The number of hydrogen-bond donors (Lipinski definition) is 2. The van der Waals surface area contributed by atoms with Gasteiger partial charge in [0.25, 0.3) is 0 Å². The maximum atomic E-state index is 10.9. The van der Waals surface area contributed by atoms with Gasteiger partial charge in [0.05, 0.1) is 0 Å². The Morgan fingerprint density at radius 3 is 2.00 bits per heavy atom. The largest absolute Gasteiger partial charge is 0.475 e. The Bertz CT molecular complexity index is 520. The lowest BCUT2D eigenvalue weighted by atomic mass is 9.97. The van der Waals surface area contributed by atoms with Crippen molar-refractivity contribution in [3.63, 3.8) is 0 Å². The van der Waals surface area contributed by atoms with Gasteiger partial charge in [0, 0.05) is 13.1 Å². The van der Waals surface area contributed by atoms with E-state index in [1.807, 2.05) is 6.08 Å². The highest BCUT2D eigenvalue weighted by molar-refractivity contribution is 5.87. The molecule has 1 fully saturated rings. The Labute approximate surface area is 114 Å². The van der Waals surface area contributed by atoms with Crippen molar-refractivity contribution in [2.45, 2.75) is 12.8 Å². The first-order valence-electron chi connectivity index (χ1n) is 6.11. The summed E-state index contributed by atoms with van der Waals surface area (Å²) in [6, 6.07) is 0. The predicted octanol–water partition coefficient (Wildman–Crippen LogP) is 0.670. The maximum Gasteiger partial charge on any atom is 0.374 e. The van der Waals surface area contributed by atoms with Crippen molar-refractivity contribution >= 4 is 17.9 Å². The van der Waals surface area contributed by atoms with E-state index in [2.05, 4.69) is 21.5 Å². The number of hydrogen-bond acceptors (Lipinski definition) is 6. The van der Waals surface area contributed by atoms with Gasteiger partial charge in [-0.2, -0.15) is 15.0 Å². The molecule has 20 heavy (non-hydrogen) atoms. The summed E-state index contributed by atoms with van der Waals surface area (Å²) in [5, 5.41) is 17.8. The molecule has 0 unspecified atom stereocenters. The van der Waals surface area contributed by atoms with Crippen LogP contribution >= 0.6 is 0 Å². The van der Waals surface area contributed by atoms with Crippen LogP contribution in [0.4, 0.5) is 5.95 Å². The fourth-order valence-electron chi connectivity index (χ4n) is 2.03. The molecule has 2 N–H and O–H groups in total. The van der Waals surface area contributed by atoms with E-state index in [0.29, 0.717) is 19.0 Å². The average Bonchev–Trinajstić information content (AvgIpc) is 2.46. The fraction of sp³-hybridized carbons (Fsp3) is 0.417. The van der Waals surface area contributed by atoms with Crippen LogP contribution in [-0.4, -0.2) is 50.2 Å². The molecule has 1 aliphatic rings. The molecular weight excluding hydrogens is 264 g/mol. The highest BCUT2D eigenvalue weighted by atomic mass is 16.4. The molecule has 0 spiro atoms. The number of carboxylic acids is 2. The number of allylic oxidation sites excluding steroid dienone is 1. The van der Waals surface area contributed by atoms with Crippen molar-refractivity contribution < 1.29 is 19.8 Å². The number of nitrogens with zero attached hydrogens (tertiary/aromatic N) is 4. The summed E-state index contributed by atoms with van der Waals surface area (Å²) < 4.78 is 0. The molecule has 0 aliphatic carbocycles. The van der Waals surface area contributed by atoms with Gasteiger partial charge in [0.2, 0.25) is 17.6 Å². The van der Waals surface area contributed by atoms with Gasteiger partial charge >= 0.3 is 11.9 Å². The second kappa shape index (κ2) is 5.64. The molecule has 1 aromatic rings. The molecule has 0 aromatic carbocycles. The number of carboxylic acid groups (broad SMARTS) is 2. The molecular formula is C12H14N4O4. The Morgan fingerprint density at radius 1 is 1.10 bits per heavy atom. The maximum absolute atomic E-state index is 10.9. The third kappa shape index (κ3) is 2.90. The van der Waals surface area contributed by atoms with Gasteiger partial charge in [-0.3, -0.25) is 0 Å². The molecule has 8 nitrogen and oxygen atoms in total. The van der Waals surface area contributed by atoms with Gasteiger partial charge in [-0.15, -0.1) is 6.58 Å². The van der Waals surface area contributed by atoms with Crippen molar-refractivity contribution in [1.82, 2.24) is 15.0 Å². The zero-order valence-electron chi connectivity index (χ0n) is 10.7. The van der Waals surface area contributed by atoms with Gasteiger partial charge in [0.1, 0.15) is 0 Å². The number of carbonyl (C=O) groups is 2. The summed E-state index contributed by atoms with van der Waals surface area (Å²) in [7, 11) is 0. The van der Waals surface area contributed by atoms with E-state index in [9.17, 15) is 9.59 Å². The van der Waals surface area contributed by atoms with Crippen LogP contribution < -0.4 is 4.90 Å². The molecule has 0 bridgehead atoms. The van der Waals surface area contributed by atoms with Crippen molar-refractivity contribution in [3.8, 4) is 0 Å². The summed E-state index contributed by atoms with van der Waals surface area (Å²) in [5.74, 6) is -3.37. The zero-order chi connectivity index (χ0) is 14.7. The third-order valence-corrected chi connectivity index (χ3v) is 3.16. The number of piperidine rings is 1. The minimum atomic E-state index is -1.38. The van der Waals surface area contributed by atoms with Crippen LogP contribution in [0, 0.1) is 5.92 Å². The monoisotopic (exact) mass is 278 g/mol. The number of rotatable bonds is 4. The zero-order valence-corrected chi connectivity index (χ0v) is 10.7. The van der Waals surface area contributed by atoms with E-state index < -0.39 is 23.6 Å². The van der Waals surface area contributed by atoms with Crippen LogP contribution in [0.15, 0.2) is 12.7 Å². The number of aromatic carboxylic acids is 2. The van der Waals surface area contributed by atoms with Crippen LogP contribution in [0.1, 0.15) is 34.1 Å². The Balaban J connectivity index is 2.29. The first kappa shape index (κ1) is 13.9. The van der Waals surface area contributed by atoms with Gasteiger partial charge in [-0.05, 0) is 18.8 Å². The molecule has 8 heteroatoms. The highest BCUT2D eigenvalue weighted by Gasteiger charge is 2.23. The predicted molar refractivity (Wildman–Crippen MR) is 68.9 cm³/mol. The topological polar surface area (TPSA) is 117 Å². The summed E-state index contributed by atoms with van der Waals surface area (Å²) in [4.78, 5) is 34.6. The lowest BCUT2D eigenvalue weighted by Crippen LogP contribution is -2.35. The van der Waals surface area contributed by atoms with Crippen LogP contribution in [0.25, 0.3) is 0 Å². The molecule has 0 atom stereocenters. The molecule has 1 saturated heterocycles. The average molecular weight is 278 g/mol. The first-order valence-corrected chi connectivity index (χ1v) is 6.11. The van der Waals surface area contributed by atoms with Crippen molar-refractivity contribution in [2.75, 3.05) is 18.0 Å². The summed E-state index contributed by atoms with van der Waals surface area (Å²) in [5.41, 5.74) is 0. The molecule has 1 aromatic heterocycles. The number of aromatic nitrogens is 3. The second-order valence-electron chi connectivity index (χ2n) is 4.45. The normalized spacial score (nSPS) is 15.9. The molecule has 0 amide bonds. The summed E-state index contributed by atoms with van der Waals surface area (Å²) >= 11 is 0. The minimum absolute atomic E-state index is 0.0947. The van der Waals surface area contributed by atoms with E-state index in [-0.39, 0.29) is 5.95 Å². The molecule has 1 aliphatic heterocycles. The van der Waals surface area contributed by atoms with Crippen LogP contribution in [0.5, 0.6) is 0 Å². The highest BCUT2D eigenvalue weighted by Crippen LogP contribution is 2.21. The lowest BCUT2D eigenvalue weighted by molar-refractivity contribution is 0.0674. The van der Waals surface area contributed by atoms with E-state index in [1.54, 1.807) is 4.90 Å². The lowest BCUT2D eigenvalue weighted by Gasteiger charge is -2.30. The van der Waals surface area contributed by atoms with Crippen molar-refractivity contribution in [2.24, 2.45) is 5.92 Å². The fourth-order valence-corrected chi connectivity index (χ4v) is 2.03. The van der Waals surface area contributed by atoms with Crippen molar-refractivity contribution in [1.29, 1.82) is 0 Å². The minimum Gasteiger partial charge on any atom is -0.475 e. The van der Waals surface area contributed by atoms with E-state index in [4.69, 9.17) is 10.2 Å².